The normalized spacial score (nSPS) is 11.9. The SMILES string of the molecule is COc1ccc(NC(=O)C(C)(C)NS(=O)(=O)Cc2cc(F)ccc2Cl)c(C)c1. The lowest BCUT2D eigenvalue weighted by molar-refractivity contribution is -0.120. The van der Waals surface area contributed by atoms with Crippen molar-refractivity contribution in [3.8, 4) is 5.75 Å². The van der Waals surface area contributed by atoms with Crippen molar-refractivity contribution in [2.45, 2.75) is 32.1 Å². The highest BCUT2D eigenvalue weighted by Gasteiger charge is 2.33. The molecule has 28 heavy (non-hydrogen) atoms. The molecule has 0 aromatic heterocycles. The van der Waals surface area contributed by atoms with Crippen LogP contribution in [-0.2, 0) is 20.6 Å². The topological polar surface area (TPSA) is 84.5 Å². The molecule has 152 valence electrons. The number of methoxy groups -OCH3 is 1. The lowest BCUT2D eigenvalue weighted by Gasteiger charge is -2.25. The van der Waals surface area contributed by atoms with Crippen molar-refractivity contribution in [2.75, 3.05) is 12.4 Å². The predicted molar refractivity (Wildman–Crippen MR) is 108 cm³/mol. The van der Waals surface area contributed by atoms with Crippen LogP contribution in [0.2, 0.25) is 5.02 Å². The van der Waals surface area contributed by atoms with Gasteiger partial charge in [0, 0.05) is 10.7 Å². The Hall–Kier alpha value is -2.16. The molecule has 1 amide bonds. The van der Waals surface area contributed by atoms with Crippen LogP contribution in [0.25, 0.3) is 0 Å². The van der Waals surface area contributed by atoms with Gasteiger partial charge >= 0.3 is 0 Å². The predicted octanol–water partition coefficient (Wildman–Crippen LogP) is 3.63. The summed E-state index contributed by atoms with van der Waals surface area (Å²) in [6, 6.07) is 8.58. The highest BCUT2D eigenvalue weighted by atomic mass is 35.5. The molecule has 0 aliphatic carbocycles. The second-order valence-electron chi connectivity index (χ2n) is 6.86. The highest BCUT2D eigenvalue weighted by Crippen LogP contribution is 2.23. The van der Waals surface area contributed by atoms with Gasteiger partial charge in [0.2, 0.25) is 15.9 Å². The molecule has 6 nitrogen and oxygen atoms in total. The maximum absolute atomic E-state index is 13.4. The quantitative estimate of drug-likeness (QED) is 0.705. The van der Waals surface area contributed by atoms with Crippen LogP contribution in [0.4, 0.5) is 10.1 Å². The molecule has 0 heterocycles. The first-order valence-corrected chi connectivity index (χ1v) is 10.4. The Morgan fingerprint density at radius 1 is 1.21 bits per heavy atom. The van der Waals surface area contributed by atoms with Crippen LogP contribution in [0.5, 0.6) is 5.75 Å². The Balaban J connectivity index is 2.14. The minimum Gasteiger partial charge on any atom is -0.497 e. The Morgan fingerprint density at radius 3 is 2.50 bits per heavy atom. The van der Waals surface area contributed by atoms with E-state index in [2.05, 4.69) is 10.0 Å². The van der Waals surface area contributed by atoms with E-state index in [4.69, 9.17) is 16.3 Å². The van der Waals surface area contributed by atoms with E-state index in [-0.39, 0.29) is 10.6 Å². The summed E-state index contributed by atoms with van der Waals surface area (Å²) in [6.07, 6.45) is 0. The van der Waals surface area contributed by atoms with Crippen molar-refractivity contribution < 1.29 is 22.3 Å². The summed E-state index contributed by atoms with van der Waals surface area (Å²) in [4.78, 5) is 12.6. The van der Waals surface area contributed by atoms with Crippen LogP contribution >= 0.6 is 11.6 Å². The molecule has 0 fully saturated rings. The summed E-state index contributed by atoms with van der Waals surface area (Å²) in [7, 11) is -2.43. The number of carbonyl (C=O) groups is 1. The Labute approximate surface area is 169 Å². The van der Waals surface area contributed by atoms with Gasteiger partial charge in [-0.25, -0.2) is 12.8 Å². The fourth-order valence-electron chi connectivity index (χ4n) is 2.51. The van der Waals surface area contributed by atoms with Crippen LogP contribution in [0, 0.1) is 12.7 Å². The molecule has 2 aromatic rings. The van der Waals surface area contributed by atoms with Crippen LogP contribution in [0.3, 0.4) is 0 Å². The van der Waals surface area contributed by atoms with Crippen molar-refractivity contribution in [3.05, 3.63) is 58.4 Å². The largest absolute Gasteiger partial charge is 0.497 e. The minimum atomic E-state index is -3.97. The average molecular weight is 429 g/mol. The van der Waals surface area contributed by atoms with Gasteiger partial charge in [-0.3, -0.25) is 4.79 Å². The zero-order valence-electron chi connectivity index (χ0n) is 16.0. The first-order valence-electron chi connectivity index (χ1n) is 8.35. The van der Waals surface area contributed by atoms with Gasteiger partial charge in [0.05, 0.1) is 12.9 Å². The number of hydrogen-bond acceptors (Lipinski definition) is 4. The highest BCUT2D eigenvalue weighted by molar-refractivity contribution is 7.88. The smallest absolute Gasteiger partial charge is 0.245 e. The minimum absolute atomic E-state index is 0.108. The van der Waals surface area contributed by atoms with Crippen molar-refractivity contribution in [1.29, 1.82) is 0 Å². The van der Waals surface area contributed by atoms with Crippen LogP contribution < -0.4 is 14.8 Å². The fourth-order valence-corrected chi connectivity index (χ4v) is 4.37. The van der Waals surface area contributed by atoms with E-state index in [1.165, 1.54) is 27.0 Å². The summed E-state index contributed by atoms with van der Waals surface area (Å²) < 4.78 is 45.8. The number of amides is 1. The lowest BCUT2D eigenvalue weighted by atomic mass is 10.1. The summed E-state index contributed by atoms with van der Waals surface area (Å²) in [5.74, 6) is -1.05. The van der Waals surface area contributed by atoms with Crippen LogP contribution in [-0.4, -0.2) is 27.0 Å². The van der Waals surface area contributed by atoms with Crippen molar-refractivity contribution in [2.24, 2.45) is 0 Å². The molecule has 0 atom stereocenters. The van der Waals surface area contributed by atoms with E-state index < -0.39 is 33.0 Å². The number of ether oxygens (including phenoxy) is 1. The van der Waals surface area contributed by atoms with E-state index in [1.54, 1.807) is 25.1 Å². The molecule has 0 saturated carbocycles. The van der Waals surface area contributed by atoms with Gasteiger partial charge in [-0.05, 0) is 68.3 Å². The number of rotatable bonds is 7. The Kier molecular flexibility index (Phi) is 6.69. The molecule has 2 rings (SSSR count). The zero-order valence-corrected chi connectivity index (χ0v) is 17.5. The molecule has 0 aliphatic rings. The number of nitrogens with one attached hydrogen (secondary N) is 2. The monoisotopic (exact) mass is 428 g/mol. The molecule has 0 spiro atoms. The summed E-state index contributed by atoms with van der Waals surface area (Å²) in [5.41, 5.74) is -0.0501. The molecular weight excluding hydrogens is 407 g/mol. The third kappa shape index (κ3) is 5.67. The number of carbonyl (C=O) groups excluding carboxylic acids is 1. The van der Waals surface area contributed by atoms with E-state index in [0.717, 1.165) is 17.7 Å². The number of halogens is 2. The van der Waals surface area contributed by atoms with Crippen LogP contribution in [0.1, 0.15) is 25.0 Å². The summed E-state index contributed by atoms with van der Waals surface area (Å²) in [6.45, 7) is 4.67. The third-order valence-corrected chi connectivity index (χ3v) is 5.89. The third-order valence-electron chi connectivity index (χ3n) is 4.01. The standard InChI is InChI=1S/C19H22ClFN2O4S/c1-12-9-15(27-4)6-8-17(12)22-18(24)19(2,3)23-28(25,26)11-13-10-14(21)5-7-16(13)20/h5-10,23H,11H2,1-4H3,(H,22,24). The van der Waals surface area contributed by atoms with Crippen molar-refractivity contribution in [1.82, 2.24) is 4.72 Å². The van der Waals surface area contributed by atoms with Crippen molar-refractivity contribution >= 4 is 33.2 Å². The van der Waals surface area contributed by atoms with Crippen molar-refractivity contribution in [3.63, 3.8) is 0 Å². The summed E-state index contributed by atoms with van der Waals surface area (Å²) >= 11 is 5.94. The number of hydrogen-bond donors (Lipinski definition) is 2. The molecule has 0 saturated heterocycles. The van der Waals surface area contributed by atoms with E-state index >= 15 is 0 Å². The van der Waals surface area contributed by atoms with Gasteiger partial charge in [0.15, 0.2) is 0 Å². The molecule has 9 heteroatoms. The van der Waals surface area contributed by atoms with E-state index in [9.17, 15) is 17.6 Å². The molecule has 2 aromatic carbocycles. The number of sulfonamides is 1. The molecular formula is C19H22ClFN2O4S. The van der Waals surface area contributed by atoms with Gasteiger partial charge < -0.3 is 10.1 Å². The first kappa shape index (κ1) is 22.1. The maximum Gasteiger partial charge on any atom is 0.245 e. The molecule has 0 bridgehead atoms. The molecule has 0 radical (unpaired) electrons. The Morgan fingerprint density at radius 2 is 1.89 bits per heavy atom. The molecule has 2 N–H and O–H groups in total. The van der Waals surface area contributed by atoms with Crippen LogP contribution in [0.15, 0.2) is 36.4 Å². The number of anilines is 1. The van der Waals surface area contributed by atoms with E-state index in [0.29, 0.717) is 11.4 Å². The van der Waals surface area contributed by atoms with Gasteiger partial charge in [0.25, 0.3) is 0 Å². The number of aryl methyl sites for hydroxylation is 1. The van der Waals surface area contributed by atoms with Gasteiger partial charge in [-0.15, -0.1) is 0 Å². The fraction of sp³-hybridized carbons (Fsp3) is 0.316. The molecule has 0 aliphatic heterocycles. The van der Waals surface area contributed by atoms with Gasteiger partial charge in [0.1, 0.15) is 17.1 Å². The summed E-state index contributed by atoms with van der Waals surface area (Å²) in [5, 5.41) is 2.83. The maximum atomic E-state index is 13.4. The first-order chi connectivity index (χ1) is 12.9. The second-order valence-corrected chi connectivity index (χ2v) is 8.99. The van der Waals surface area contributed by atoms with Gasteiger partial charge in [-0.2, -0.15) is 4.72 Å². The average Bonchev–Trinajstić information content (AvgIpc) is 2.58. The zero-order chi connectivity index (χ0) is 21.1. The van der Waals surface area contributed by atoms with Gasteiger partial charge in [-0.1, -0.05) is 11.6 Å². The van der Waals surface area contributed by atoms with E-state index in [1.807, 2.05) is 0 Å². The number of benzene rings is 2. The lowest BCUT2D eigenvalue weighted by Crippen LogP contribution is -2.52. The Bertz CT molecular complexity index is 993. The second kappa shape index (κ2) is 8.46. The molecule has 0 unspecified atom stereocenters.